The molecule has 0 aliphatic rings. The summed E-state index contributed by atoms with van der Waals surface area (Å²) in [6, 6.07) is 4.43. The fourth-order valence-electron chi connectivity index (χ4n) is 2.71. The van der Waals surface area contributed by atoms with Crippen molar-refractivity contribution in [2.24, 2.45) is 0 Å². The average molecular weight is 360 g/mol. The van der Waals surface area contributed by atoms with Crippen molar-refractivity contribution in [3.63, 3.8) is 0 Å². The number of aromatic amines is 1. The summed E-state index contributed by atoms with van der Waals surface area (Å²) < 4.78 is 10.5. The molecule has 0 unspecified atom stereocenters. The van der Waals surface area contributed by atoms with Crippen molar-refractivity contribution in [1.29, 1.82) is 0 Å². The Morgan fingerprint density at radius 1 is 1.19 bits per heavy atom. The maximum atomic E-state index is 12.5. The van der Waals surface area contributed by atoms with Crippen LogP contribution in [-0.4, -0.2) is 34.9 Å². The Kier molecular flexibility index (Phi) is 5.76. The van der Waals surface area contributed by atoms with Gasteiger partial charge in [0.2, 0.25) is 5.78 Å². The quantitative estimate of drug-likeness (QED) is 0.351. The van der Waals surface area contributed by atoms with E-state index in [0.29, 0.717) is 22.4 Å². The van der Waals surface area contributed by atoms with Crippen molar-refractivity contribution in [1.82, 2.24) is 4.98 Å². The van der Waals surface area contributed by atoms with E-state index in [2.05, 4.69) is 4.98 Å². The molecule has 1 aromatic carbocycles. The first kappa shape index (κ1) is 19.2. The molecule has 1 aromatic heterocycles. The van der Waals surface area contributed by atoms with Crippen molar-refractivity contribution in [2.75, 3.05) is 13.2 Å². The van der Waals surface area contributed by atoms with E-state index < -0.39 is 10.9 Å². The number of aromatic nitrogens is 1. The van der Waals surface area contributed by atoms with E-state index in [-0.39, 0.29) is 36.1 Å². The summed E-state index contributed by atoms with van der Waals surface area (Å²) in [6.45, 7) is 6.52. The van der Waals surface area contributed by atoms with Crippen LogP contribution in [0.15, 0.2) is 18.2 Å². The van der Waals surface area contributed by atoms with Crippen molar-refractivity contribution < 1.29 is 24.0 Å². The van der Waals surface area contributed by atoms with Gasteiger partial charge < -0.3 is 14.5 Å². The highest BCUT2D eigenvalue weighted by Crippen LogP contribution is 2.27. The number of nitrogens with one attached hydrogen (secondary N) is 1. The van der Waals surface area contributed by atoms with E-state index in [1.165, 1.54) is 12.1 Å². The number of carbonyl (C=O) groups excluding carboxylic acids is 2. The van der Waals surface area contributed by atoms with Crippen molar-refractivity contribution >= 4 is 17.4 Å². The van der Waals surface area contributed by atoms with E-state index in [1.54, 1.807) is 33.8 Å². The summed E-state index contributed by atoms with van der Waals surface area (Å²) in [7, 11) is 0. The zero-order valence-electron chi connectivity index (χ0n) is 15.0. The first-order valence-corrected chi connectivity index (χ1v) is 8.04. The molecule has 0 aliphatic carbocycles. The lowest BCUT2D eigenvalue weighted by atomic mass is 10.1. The number of H-pyrrole nitrogens is 1. The van der Waals surface area contributed by atoms with E-state index in [4.69, 9.17) is 9.47 Å². The number of nitrogens with zero attached hydrogens (tertiary/aromatic N) is 1. The molecular weight excluding hydrogens is 340 g/mol. The maximum Gasteiger partial charge on any atom is 0.340 e. The van der Waals surface area contributed by atoms with Crippen molar-refractivity contribution in [3.8, 4) is 5.75 Å². The molecule has 0 aliphatic heterocycles. The van der Waals surface area contributed by atoms with Crippen LogP contribution in [0.3, 0.4) is 0 Å². The summed E-state index contributed by atoms with van der Waals surface area (Å²) in [5.41, 5.74) is 1.89. The highest BCUT2D eigenvalue weighted by atomic mass is 16.6. The van der Waals surface area contributed by atoms with Gasteiger partial charge in [-0.2, -0.15) is 0 Å². The molecule has 8 nitrogen and oxygen atoms in total. The van der Waals surface area contributed by atoms with Crippen LogP contribution < -0.4 is 4.74 Å². The highest BCUT2D eigenvalue weighted by Gasteiger charge is 2.23. The van der Waals surface area contributed by atoms with Gasteiger partial charge in [0.05, 0.1) is 28.4 Å². The maximum absolute atomic E-state index is 12.5. The van der Waals surface area contributed by atoms with Gasteiger partial charge in [-0.05, 0) is 39.3 Å². The monoisotopic (exact) mass is 360 g/mol. The summed E-state index contributed by atoms with van der Waals surface area (Å²) in [5, 5.41) is 11.0. The Morgan fingerprint density at radius 3 is 2.50 bits per heavy atom. The molecule has 8 heteroatoms. The third kappa shape index (κ3) is 3.74. The first-order chi connectivity index (χ1) is 12.3. The molecule has 1 N–H and O–H groups in total. The summed E-state index contributed by atoms with van der Waals surface area (Å²) in [4.78, 5) is 37.8. The lowest BCUT2D eigenvalue weighted by Gasteiger charge is -2.08. The van der Waals surface area contributed by atoms with Crippen LogP contribution in [0.25, 0.3) is 0 Å². The minimum Gasteiger partial charge on any atom is -0.485 e. The van der Waals surface area contributed by atoms with Crippen molar-refractivity contribution in [2.45, 2.75) is 27.7 Å². The molecule has 0 spiro atoms. The minimum absolute atomic E-state index is 0.0774. The Balaban J connectivity index is 2.19. The Labute approximate surface area is 150 Å². The SMILES string of the molecule is CCOC(=O)c1c(C)[nH]c(C(=O)COc2cccc([N+](=O)[O-])c2C)c1C. The van der Waals surface area contributed by atoms with E-state index >= 15 is 0 Å². The van der Waals surface area contributed by atoms with E-state index in [0.717, 1.165) is 0 Å². The van der Waals surface area contributed by atoms with Gasteiger partial charge in [-0.3, -0.25) is 14.9 Å². The summed E-state index contributed by atoms with van der Waals surface area (Å²) in [6.07, 6.45) is 0. The number of benzene rings is 1. The third-order valence-electron chi connectivity index (χ3n) is 4.01. The second kappa shape index (κ2) is 7.81. The molecule has 0 bridgehead atoms. The lowest BCUT2D eigenvalue weighted by Crippen LogP contribution is -2.14. The highest BCUT2D eigenvalue weighted by molar-refractivity contribution is 6.02. The van der Waals surface area contributed by atoms with Gasteiger partial charge in [0.1, 0.15) is 5.75 Å². The first-order valence-electron chi connectivity index (χ1n) is 8.04. The van der Waals surface area contributed by atoms with Crippen LogP contribution in [0.1, 0.15) is 44.6 Å². The zero-order valence-corrected chi connectivity index (χ0v) is 15.0. The Bertz CT molecular complexity index is 869. The number of ether oxygens (including phenoxy) is 2. The molecule has 138 valence electrons. The molecule has 0 radical (unpaired) electrons. The predicted octanol–water partition coefficient (Wildman–Crippen LogP) is 3.29. The number of rotatable bonds is 7. The van der Waals surface area contributed by atoms with Crippen LogP contribution >= 0.6 is 0 Å². The number of hydrogen-bond acceptors (Lipinski definition) is 6. The molecule has 2 aromatic rings. The number of ketones is 1. The molecule has 0 fully saturated rings. The molecule has 0 atom stereocenters. The smallest absolute Gasteiger partial charge is 0.340 e. The zero-order chi connectivity index (χ0) is 19.4. The molecule has 0 saturated heterocycles. The molecule has 0 saturated carbocycles. The fourth-order valence-corrected chi connectivity index (χ4v) is 2.71. The van der Waals surface area contributed by atoms with Crippen LogP contribution in [0.4, 0.5) is 5.69 Å². The number of esters is 1. The van der Waals surface area contributed by atoms with E-state index in [9.17, 15) is 19.7 Å². The van der Waals surface area contributed by atoms with Gasteiger partial charge in [-0.15, -0.1) is 0 Å². The van der Waals surface area contributed by atoms with Crippen LogP contribution in [0.5, 0.6) is 5.75 Å². The number of aryl methyl sites for hydroxylation is 1. The number of carbonyl (C=O) groups is 2. The van der Waals surface area contributed by atoms with Gasteiger partial charge in [0.25, 0.3) is 5.69 Å². The summed E-state index contributed by atoms with van der Waals surface area (Å²) >= 11 is 0. The van der Waals surface area contributed by atoms with Crippen molar-refractivity contribution in [3.05, 3.63) is 56.4 Å². The van der Waals surface area contributed by atoms with Crippen LogP contribution in [-0.2, 0) is 4.74 Å². The van der Waals surface area contributed by atoms with Crippen LogP contribution in [0, 0.1) is 30.9 Å². The van der Waals surface area contributed by atoms with Gasteiger partial charge in [-0.1, -0.05) is 6.07 Å². The van der Waals surface area contributed by atoms with Gasteiger partial charge in [0.15, 0.2) is 6.61 Å². The number of Topliss-reactive ketones (excluding diaryl/α,β-unsaturated/α-hetero) is 1. The third-order valence-corrected chi connectivity index (χ3v) is 4.01. The molecule has 1 heterocycles. The summed E-state index contributed by atoms with van der Waals surface area (Å²) in [5.74, 6) is -0.598. The molecule has 2 rings (SSSR count). The van der Waals surface area contributed by atoms with Gasteiger partial charge in [-0.25, -0.2) is 4.79 Å². The van der Waals surface area contributed by atoms with Crippen LogP contribution in [0.2, 0.25) is 0 Å². The Morgan fingerprint density at radius 2 is 1.88 bits per heavy atom. The predicted molar refractivity (Wildman–Crippen MR) is 93.9 cm³/mol. The normalized spacial score (nSPS) is 10.5. The second-order valence-electron chi connectivity index (χ2n) is 5.71. The number of hydrogen-bond donors (Lipinski definition) is 1. The lowest BCUT2D eigenvalue weighted by molar-refractivity contribution is -0.385. The number of nitro benzene ring substituents is 1. The van der Waals surface area contributed by atoms with Gasteiger partial charge in [0, 0.05) is 11.8 Å². The number of nitro groups is 1. The standard InChI is InChI=1S/C18H20N2O6/c1-5-25-18(22)16-11(3)17(19-12(16)4)14(21)9-26-15-8-6-7-13(10(15)2)20(23)24/h6-8,19H,5,9H2,1-4H3. The minimum atomic E-state index is -0.506. The largest absolute Gasteiger partial charge is 0.485 e. The molecule has 26 heavy (non-hydrogen) atoms. The second-order valence-corrected chi connectivity index (χ2v) is 5.71. The molecule has 0 amide bonds. The topological polar surface area (TPSA) is 112 Å². The fraction of sp³-hybridized carbons (Fsp3) is 0.333. The average Bonchev–Trinajstić information content (AvgIpc) is 2.88. The van der Waals surface area contributed by atoms with E-state index in [1.807, 2.05) is 0 Å². The Hall–Kier alpha value is -3.16. The molecular formula is C18H20N2O6. The van der Waals surface area contributed by atoms with Gasteiger partial charge >= 0.3 is 5.97 Å².